The van der Waals surface area contributed by atoms with Gasteiger partial charge in [0.1, 0.15) is 0 Å². The summed E-state index contributed by atoms with van der Waals surface area (Å²) in [4.78, 5) is 15.1. The van der Waals surface area contributed by atoms with Crippen LogP contribution in [0.4, 0.5) is 0 Å². The molecule has 0 saturated carbocycles. The lowest BCUT2D eigenvalue weighted by molar-refractivity contribution is -0.133. The van der Waals surface area contributed by atoms with Crippen LogP contribution in [0.25, 0.3) is 0 Å². The van der Waals surface area contributed by atoms with E-state index in [-0.39, 0.29) is 17.2 Å². The highest BCUT2D eigenvalue weighted by molar-refractivity contribution is 7.99. The fourth-order valence-corrected chi connectivity index (χ4v) is 2.58. The monoisotopic (exact) mass is 284 g/mol. The van der Waals surface area contributed by atoms with Crippen molar-refractivity contribution in [2.75, 3.05) is 5.75 Å². The molecule has 0 amide bonds. The number of carboxylic acid groups (broad SMARTS) is 1. The van der Waals surface area contributed by atoms with E-state index < -0.39 is 5.97 Å². The quantitative estimate of drug-likeness (QED) is 0.836. The van der Waals surface area contributed by atoms with Gasteiger partial charge >= 0.3 is 5.97 Å². The average Bonchev–Trinajstić information content (AvgIpc) is 2.67. The van der Waals surface area contributed by atoms with Crippen molar-refractivity contribution in [2.45, 2.75) is 58.7 Å². The van der Waals surface area contributed by atoms with Crippen LogP contribution >= 0.6 is 11.8 Å². The molecule has 1 aromatic heterocycles. The fraction of sp³-hybridized carbons (Fsp3) is 0.714. The summed E-state index contributed by atoms with van der Waals surface area (Å²) < 4.78 is 2.19. The molecule has 0 aromatic carbocycles. The van der Waals surface area contributed by atoms with E-state index in [0.717, 1.165) is 10.9 Å². The Hall–Kier alpha value is -0.970. The molecule has 1 rings (SSSR count). The third-order valence-corrected chi connectivity index (χ3v) is 4.30. The number of aromatic nitrogens is 2. The topological polar surface area (TPSA) is 55.1 Å². The number of carbonyl (C=O) groups is 1. The van der Waals surface area contributed by atoms with Crippen LogP contribution in [0, 0.1) is 5.41 Å². The number of nitrogens with zero attached hydrogens (tertiary/aromatic N) is 2. The number of hydrogen-bond donors (Lipinski definition) is 1. The zero-order valence-electron chi connectivity index (χ0n) is 12.6. The SMILES string of the molecule is CC(C)c1cnc(SCC(=O)O)n1C(C)C(C)(C)C. The average molecular weight is 284 g/mol. The van der Waals surface area contributed by atoms with Crippen LogP contribution in [0.15, 0.2) is 11.4 Å². The molecular weight excluding hydrogens is 260 g/mol. The number of imidazole rings is 1. The second kappa shape index (κ2) is 5.99. The van der Waals surface area contributed by atoms with Crippen LogP contribution in [0.1, 0.15) is 59.2 Å². The maximum atomic E-state index is 10.7. The van der Waals surface area contributed by atoms with Gasteiger partial charge in [-0.2, -0.15) is 0 Å². The van der Waals surface area contributed by atoms with Crippen molar-refractivity contribution in [3.05, 3.63) is 11.9 Å². The summed E-state index contributed by atoms with van der Waals surface area (Å²) in [5.74, 6) is -0.392. The molecule has 0 radical (unpaired) electrons. The molecule has 19 heavy (non-hydrogen) atoms. The smallest absolute Gasteiger partial charge is 0.313 e. The van der Waals surface area contributed by atoms with E-state index in [4.69, 9.17) is 5.11 Å². The minimum atomic E-state index is -0.811. The first-order chi connectivity index (χ1) is 8.64. The molecule has 0 aliphatic carbocycles. The molecule has 0 saturated heterocycles. The highest BCUT2D eigenvalue weighted by Crippen LogP contribution is 2.36. The van der Waals surface area contributed by atoms with Crippen molar-refractivity contribution < 1.29 is 9.90 Å². The van der Waals surface area contributed by atoms with E-state index in [1.807, 2.05) is 6.20 Å². The summed E-state index contributed by atoms with van der Waals surface area (Å²) in [6, 6.07) is 0.267. The van der Waals surface area contributed by atoms with Gasteiger partial charge in [-0.1, -0.05) is 46.4 Å². The Balaban J connectivity index is 3.15. The van der Waals surface area contributed by atoms with E-state index in [1.165, 1.54) is 11.8 Å². The second-order valence-corrected chi connectivity index (χ2v) is 7.16. The first kappa shape index (κ1) is 16.1. The summed E-state index contributed by atoms with van der Waals surface area (Å²) in [6.45, 7) is 13.0. The molecular formula is C14H24N2O2S. The number of thioether (sulfide) groups is 1. The molecule has 1 unspecified atom stereocenters. The first-order valence-electron chi connectivity index (χ1n) is 6.56. The Morgan fingerprint density at radius 1 is 1.42 bits per heavy atom. The van der Waals surface area contributed by atoms with Crippen molar-refractivity contribution in [3.63, 3.8) is 0 Å². The number of rotatable bonds is 5. The van der Waals surface area contributed by atoms with Crippen LogP contribution < -0.4 is 0 Å². The highest BCUT2D eigenvalue weighted by Gasteiger charge is 2.27. The van der Waals surface area contributed by atoms with Gasteiger partial charge in [-0.25, -0.2) is 4.98 Å². The van der Waals surface area contributed by atoms with Gasteiger partial charge in [-0.15, -0.1) is 0 Å². The van der Waals surface area contributed by atoms with E-state index in [1.54, 1.807) is 0 Å². The summed E-state index contributed by atoms with van der Waals surface area (Å²) >= 11 is 1.29. The van der Waals surface area contributed by atoms with Crippen LogP contribution in [0.2, 0.25) is 0 Å². The lowest BCUT2D eigenvalue weighted by atomic mass is 9.87. The number of hydrogen-bond acceptors (Lipinski definition) is 3. The molecule has 0 bridgehead atoms. The largest absolute Gasteiger partial charge is 0.481 e. The van der Waals surface area contributed by atoms with Gasteiger partial charge in [0.15, 0.2) is 5.16 Å². The Labute approximate surface area is 119 Å². The second-order valence-electron chi connectivity index (χ2n) is 6.21. The first-order valence-corrected chi connectivity index (χ1v) is 7.54. The van der Waals surface area contributed by atoms with E-state index in [9.17, 15) is 4.79 Å². The molecule has 0 aliphatic heterocycles. The van der Waals surface area contributed by atoms with Crippen molar-refractivity contribution in [1.82, 2.24) is 9.55 Å². The van der Waals surface area contributed by atoms with Crippen molar-refractivity contribution in [2.24, 2.45) is 5.41 Å². The number of carboxylic acids is 1. The molecule has 4 nitrogen and oxygen atoms in total. The van der Waals surface area contributed by atoms with Gasteiger partial charge in [-0.3, -0.25) is 4.79 Å². The lowest BCUT2D eigenvalue weighted by Gasteiger charge is -2.31. The Bertz CT molecular complexity index is 447. The number of aliphatic carboxylic acids is 1. The summed E-state index contributed by atoms with van der Waals surface area (Å²) in [6.07, 6.45) is 1.87. The third-order valence-electron chi connectivity index (χ3n) is 3.35. The van der Waals surface area contributed by atoms with Gasteiger partial charge in [-0.05, 0) is 18.3 Å². The molecule has 1 N–H and O–H groups in total. The lowest BCUT2D eigenvalue weighted by Crippen LogP contribution is -2.24. The van der Waals surface area contributed by atoms with E-state index >= 15 is 0 Å². The van der Waals surface area contributed by atoms with E-state index in [2.05, 4.69) is 51.1 Å². The van der Waals surface area contributed by atoms with Gasteiger partial charge in [0.25, 0.3) is 0 Å². The van der Waals surface area contributed by atoms with Gasteiger partial charge in [0.2, 0.25) is 0 Å². The van der Waals surface area contributed by atoms with Gasteiger partial charge < -0.3 is 9.67 Å². The molecule has 0 spiro atoms. The fourth-order valence-electron chi connectivity index (χ4n) is 1.79. The molecule has 108 valence electrons. The standard InChI is InChI=1S/C14H24N2O2S/c1-9(2)11-7-15-13(19-8-12(17)18)16(11)10(3)14(4,5)6/h7,9-10H,8H2,1-6H3,(H,17,18). The summed E-state index contributed by atoms with van der Waals surface area (Å²) in [5, 5.41) is 9.62. The normalized spacial score (nSPS) is 13.8. The Kier molecular flexibility index (Phi) is 5.07. The van der Waals surface area contributed by atoms with Gasteiger partial charge in [0, 0.05) is 17.9 Å². The molecule has 0 fully saturated rings. The van der Waals surface area contributed by atoms with E-state index in [0.29, 0.717) is 5.92 Å². The molecule has 1 aromatic rings. The van der Waals surface area contributed by atoms with Crippen molar-refractivity contribution >= 4 is 17.7 Å². The summed E-state index contributed by atoms with van der Waals surface area (Å²) in [7, 11) is 0. The minimum Gasteiger partial charge on any atom is -0.481 e. The predicted molar refractivity (Wildman–Crippen MR) is 78.8 cm³/mol. The third kappa shape index (κ3) is 4.00. The molecule has 1 atom stereocenters. The van der Waals surface area contributed by atoms with Crippen molar-refractivity contribution in [1.29, 1.82) is 0 Å². The zero-order valence-corrected chi connectivity index (χ0v) is 13.4. The molecule has 1 heterocycles. The highest BCUT2D eigenvalue weighted by atomic mass is 32.2. The molecule has 0 aliphatic rings. The Morgan fingerprint density at radius 2 is 2.00 bits per heavy atom. The van der Waals surface area contributed by atoms with Crippen LogP contribution in [0.5, 0.6) is 0 Å². The van der Waals surface area contributed by atoms with Crippen LogP contribution in [-0.2, 0) is 4.79 Å². The van der Waals surface area contributed by atoms with Crippen LogP contribution in [0.3, 0.4) is 0 Å². The van der Waals surface area contributed by atoms with Crippen LogP contribution in [-0.4, -0.2) is 26.4 Å². The Morgan fingerprint density at radius 3 is 2.42 bits per heavy atom. The van der Waals surface area contributed by atoms with Crippen molar-refractivity contribution in [3.8, 4) is 0 Å². The zero-order chi connectivity index (χ0) is 14.8. The van der Waals surface area contributed by atoms with Gasteiger partial charge in [0.05, 0.1) is 5.75 Å². The maximum absolute atomic E-state index is 10.7. The molecule has 5 heteroatoms. The summed E-state index contributed by atoms with van der Waals surface area (Å²) in [5.41, 5.74) is 1.26. The minimum absolute atomic E-state index is 0.0470. The predicted octanol–water partition coefficient (Wildman–Crippen LogP) is 3.79. The maximum Gasteiger partial charge on any atom is 0.313 e.